The summed E-state index contributed by atoms with van der Waals surface area (Å²) in [4.78, 5) is 37.2. The first-order valence-electron chi connectivity index (χ1n) is 10.4. The third-order valence-corrected chi connectivity index (χ3v) is 5.31. The second kappa shape index (κ2) is 10.7. The van der Waals surface area contributed by atoms with Gasteiger partial charge >= 0.3 is 0 Å². The zero-order valence-corrected chi connectivity index (χ0v) is 18.5. The minimum absolute atomic E-state index is 0.0584. The number of carbonyl (C=O) groups is 2. The Labute approximate surface area is 191 Å². The lowest BCUT2D eigenvalue weighted by molar-refractivity contribution is -0.384. The molecule has 1 aliphatic rings. The number of benzene rings is 2. The van der Waals surface area contributed by atoms with Gasteiger partial charge < -0.3 is 15.5 Å². The number of nitrogens with zero attached hydrogens (tertiary/aromatic N) is 2. The number of rotatable bonds is 6. The monoisotopic (exact) mass is 455 g/mol. The number of nitro benzene ring substituents is 1. The van der Waals surface area contributed by atoms with Crippen molar-refractivity contribution >= 4 is 51.9 Å². The minimum Gasteiger partial charge on any atom is -0.366 e. The summed E-state index contributed by atoms with van der Waals surface area (Å²) in [6.45, 7) is 3.30. The summed E-state index contributed by atoms with van der Waals surface area (Å²) in [6.07, 6.45) is 3.48. The highest BCUT2D eigenvalue weighted by Gasteiger charge is 2.23. The maximum absolute atomic E-state index is 12.6. The average molecular weight is 456 g/mol. The fourth-order valence-electron chi connectivity index (χ4n) is 3.44. The van der Waals surface area contributed by atoms with Crippen LogP contribution in [0.2, 0.25) is 0 Å². The van der Waals surface area contributed by atoms with Gasteiger partial charge in [-0.3, -0.25) is 25.0 Å². The van der Waals surface area contributed by atoms with Crippen molar-refractivity contribution in [3.8, 4) is 0 Å². The van der Waals surface area contributed by atoms with E-state index in [2.05, 4.69) is 16.0 Å². The van der Waals surface area contributed by atoms with Gasteiger partial charge in [0.2, 0.25) is 5.91 Å². The number of nitrogens with one attached hydrogen (secondary N) is 3. The van der Waals surface area contributed by atoms with Crippen LogP contribution in [-0.4, -0.2) is 34.9 Å². The molecule has 0 unspecified atom stereocenters. The zero-order chi connectivity index (χ0) is 23.1. The van der Waals surface area contributed by atoms with Gasteiger partial charge in [-0.15, -0.1) is 0 Å². The number of nitro groups is 1. The van der Waals surface area contributed by atoms with Gasteiger partial charge in [-0.05, 0) is 67.9 Å². The molecule has 0 saturated carbocycles. The molecule has 3 N–H and O–H groups in total. The lowest BCUT2D eigenvalue weighted by Gasteiger charge is -2.28. The second-order valence-electron chi connectivity index (χ2n) is 7.40. The number of hydrogen-bond acceptors (Lipinski definition) is 6. The summed E-state index contributed by atoms with van der Waals surface area (Å²) >= 11 is 5.19. The van der Waals surface area contributed by atoms with E-state index in [1.165, 1.54) is 6.07 Å². The van der Waals surface area contributed by atoms with E-state index in [1.807, 2.05) is 4.90 Å². The average Bonchev–Trinajstić information content (AvgIpc) is 2.80. The van der Waals surface area contributed by atoms with Crippen LogP contribution in [-0.2, 0) is 4.79 Å². The van der Waals surface area contributed by atoms with Crippen molar-refractivity contribution in [1.29, 1.82) is 0 Å². The normalized spacial score (nSPS) is 13.2. The Morgan fingerprint density at radius 3 is 2.25 bits per heavy atom. The molecule has 1 fully saturated rings. The molecular weight excluding hydrogens is 430 g/mol. The van der Waals surface area contributed by atoms with Gasteiger partial charge in [-0.1, -0.05) is 6.92 Å². The van der Waals surface area contributed by atoms with Gasteiger partial charge in [0.1, 0.15) is 5.69 Å². The molecule has 0 aliphatic carbocycles. The van der Waals surface area contributed by atoms with Crippen LogP contribution < -0.4 is 20.9 Å². The molecule has 0 atom stereocenters. The first kappa shape index (κ1) is 23.1. The number of carbonyl (C=O) groups excluding carboxylic acids is 2. The van der Waals surface area contributed by atoms with E-state index < -0.39 is 10.8 Å². The molecule has 168 valence electrons. The van der Waals surface area contributed by atoms with E-state index in [1.54, 1.807) is 43.3 Å². The minimum atomic E-state index is -0.539. The van der Waals surface area contributed by atoms with Crippen LogP contribution in [0.3, 0.4) is 0 Å². The van der Waals surface area contributed by atoms with Crippen LogP contribution >= 0.6 is 12.2 Å². The number of anilines is 3. The van der Waals surface area contributed by atoms with Crippen molar-refractivity contribution in [2.45, 2.75) is 32.6 Å². The summed E-state index contributed by atoms with van der Waals surface area (Å²) in [5, 5.41) is 19.8. The van der Waals surface area contributed by atoms with Crippen LogP contribution in [0.25, 0.3) is 0 Å². The third-order valence-electron chi connectivity index (χ3n) is 5.11. The maximum Gasteiger partial charge on any atom is 0.293 e. The Bertz CT molecular complexity index is 1020. The molecule has 10 heteroatoms. The SMILES string of the molecule is CCC(=O)Nc1ccc(NC(=S)NC(=O)c2ccc(N3CCCCC3)c([N+](=O)[O-])c2)cc1. The predicted molar refractivity (Wildman–Crippen MR) is 128 cm³/mol. The van der Waals surface area contributed by atoms with Crippen molar-refractivity contribution in [3.63, 3.8) is 0 Å². The van der Waals surface area contributed by atoms with Crippen molar-refractivity contribution in [3.05, 3.63) is 58.1 Å². The van der Waals surface area contributed by atoms with E-state index in [0.29, 0.717) is 23.5 Å². The first-order valence-corrected chi connectivity index (χ1v) is 10.8. The van der Waals surface area contributed by atoms with E-state index in [4.69, 9.17) is 12.2 Å². The predicted octanol–water partition coefficient (Wildman–Crippen LogP) is 4.06. The second-order valence-corrected chi connectivity index (χ2v) is 7.80. The molecule has 0 bridgehead atoms. The highest BCUT2D eigenvalue weighted by atomic mass is 32.1. The van der Waals surface area contributed by atoms with Gasteiger partial charge in [0.25, 0.3) is 11.6 Å². The summed E-state index contributed by atoms with van der Waals surface area (Å²) < 4.78 is 0. The largest absolute Gasteiger partial charge is 0.366 e. The standard InChI is InChI=1S/C22H25N5O4S/c1-2-20(28)23-16-7-9-17(10-8-16)24-22(32)25-21(29)15-6-11-18(19(14-15)27(30)31)26-12-4-3-5-13-26/h6-11,14H,2-5,12-13H2,1H3,(H,23,28)(H2,24,25,29,32). The molecule has 2 amide bonds. The third kappa shape index (κ3) is 6.01. The topological polar surface area (TPSA) is 117 Å². The van der Waals surface area contributed by atoms with Gasteiger partial charge in [0, 0.05) is 42.5 Å². The van der Waals surface area contributed by atoms with Crippen LogP contribution in [0.5, 0.6) is 0 Å². The molecule has 1 heterocycles. The van der Waals surface area contributed by atoms with Crippen molar-refractivity contribution < 1.29 is 14.5 Å². The molecule has 0 spiro atoms. The molecule has 2 aromatic carbocycles. The van der Waals surface area contributed by atoms with Gasteiger partial charge in [-0.2, -0.15) is 0 Å². The van der Waals surface area contributed by atoms with Crippen LogP contribution in [0.1, 0.15) is 43.0 Å². The maximum atomic E-state index is 12.6. The van der Waals surface area contributed by atoms with Crippen LogP contribution in [0, 0.1) is 10.1 Å². The van der Waals surface area contributed by atoms with Crippen LogP contribution in [0.15, 0.2) is 42.5 Å². The zero-order valence-electron chi connectivity index (χ0n) is 17.7. The van der Waals surface area contributed by atoms with Crippen molar-refractivity contribution in [2.75, 3.05) is 28.6 Å². The lowest BCUT2D eigenvalue weighted by Crippen LogP contribution is -2.34. The molecule has 0 radical (unpaired) electrons. The lowest BCUT2D eigenvalue weighted by atomic mass is 10.1. The van der Waals surface area contributed by atoms with E-state index >= 15 is 0 Å². The highest BCUT2D eigenvalue weighted by Crippen LogP contribution is 2.31. The van der Waals surface area contributed by atoms with E-state index in [9.17, 15) is 19.7 Å². The molecule has 1 aliphatic heterocycles. The Morgan fingerprint density at radius 2 is 1.66 bits per heavy atom. The summed E-state index contributed by atoms with van der Waals surface area (Å²) in [6, 6.07) is 11.3. The van der Waals surface area contributed by atoms with Gasteiger partial charge in [0.15, 0.2) is 5.11 Å². The molecule has 0 aromatic heterocycles. The number of thiocarbonyl (C=S) groups is 1. The first-order chi connectivity index (χ1) is 15.4. The highest BCUT2D eigenvalue weighted by molar-refractivity contribution is 7.80. The van der Waals surface area contributed by atoms with E-state index in [0.717, 1.165) is 32.4 Å². The molecule has 2 aromatic rings. The number of amides is 2. The van der Waals surface area contributed by atoms with Gasteiger partial charge in [0.05, 0.1) is 4.92 Å². The smallest absolute Gasteiger partial charge is 0.293 e. The van der Waals surface area contributed by atoms with E-state index in [-0.39, 0.29) is 22.3 Å². The Hall–Kier alpha value is -3.53. The molecular formula is C22H25N5O4S. The fraction of sp³-hybridized carbons (Fsp3) is 0.318. The van der Waals surface area contributed by atoms with Gasteiger partial charge in [-0.25, -0.2) is 0 Å². The Kier molecular flexibility index (Phi) is 7.72. The molecule has 1 saturated heterocycles. The fourth-order valence-corrected chi connectivity index (χ4v) is 3.65. The summed E-state index contributed by atoms with van der Waals surface area (Å²) in [7, 11) is 0. The quantitative estimate of drug-likeness (QED) is 0.342. The summed E-state index contributed by atoms with van der Waals surface area (Å²) in [5.41, 5.74) is 1.86. The van der Waals surface area contributed by atoms with Crippen LogP contribution in [0.4, 0.5) is 22.7 Å². The molecule has 9 nitrogen and oxygen atoms in total. The van der Waals surface area contributed by atoms with Crippen molar-refractivity contribution in [1.82, 2.24) is 5.32 Å². The summed E-state index contributed by atoms with van der Waals surface area (Å²) in [5.74, 6) is -0.628. The van der Waals surface area contributed by atoms with Crippen molar-refractivity contribution in [2.24, 2.45) is 0 Å². The molecule has 3 rings (SSSR count). The number of piperidine rings is 1. The Morgan fingerprint density at radius 1 is 1.03 bits per heavy atom. The number of hydrogen-bond donors (Lipinski definition) is 3. The molecule has 32 heavy (non-hydrogen) atoms. The Balaban J connectivity index is 1.64.